The van der Waals surface area contributed by atoms with Crippen LogP contribution in [0.4, 0.5) is 0 Å². The zero-order valence-corrected chi connectivity index (χ0v) is 13.5. The second kappa shape index (κ2) is 7.49. The van der Waals surface area contributed by atoms with Crippen molar-refractivity contribution in [2.24, 2.45) is 0 Å². The lowest BCUT2D eigenvalue weighted by molar-refractivity contribution is 0.604. The molecular formula is C16H26N2S. The number of rotatable bonds is 5. The first-order valence-corrected chi connectivity index (χ1v) is 7.51. The molecule has 3 heteroatoms. The van der Waals surface area contributed by atoms with Gasteiger partial charge in [0.2, 0.25) is 0 Å². The smallest absolute Gasteiger partial charge is 0.166 e. The maximum absolute atomic E-state index is 5.32. The van der Waals surface area contributed by atoms with Crippen molar-refractivity contribution in [3.8, 4) is 0 Å². The van der Waals surface area contributed by atoms with Crippen molar-refractivity contribution in [1.82, 2.24) is 10.6 Å². The van der Waals surface area contributed by atoms with Gasteiger partial charge in [-0.15, -0.1) is 0 Å². The van der Waals surface area contributed by atoms with Crippen molar-refractivity contribution in [1.29, 1.82) is 0 Å². The molecule has 2 nitrogen and oxygen atoms in total. The summed E-state index contributed by atoms with van der Waals surface area (Å²) in [6.45, 7) is 10.8. The molecule has 106 valence electrons. The molecule has 0 aliphatic rings. The fraction of sp³-hybridized carbons (Fsp3) is 0.562. The second-order valence-corrected chi connectivity index (χ2v) is 5.96. The predicted molar refractivity (Wildman–Crippen MR) is 87.6 cm³/mol. The molecule has 1 rings (SSSR count). The first kappa shape index (κ1) is 16.0. The molecule has 1 atom stereocenters. The molecule has 1 aromatic rings. The lowest BCUT2D eigenvalue weighted by atomic mass is 9.98. The van der Waals surface area contributed by atoms with Crippen molar-refractivity contribution in [2.75, 3.05) is 0 Å². The van der Waals surface area contributed by atoms with Crippen LogP contribution in [-0.2, 0) is 0 Å². The lowest BCUT2D eigenvalue weighted by Crippen LogP contribution is -2.40. The van der Waals surface area contributed by atoms with E-state index >= 15 is 0 Å². The molecule has 0 aliphatic carbocycles. The highest BCUT2D eigenvalue weighted by Crippen LogP contribution is 2.20. The summed E-state index contributed by atoms with van der Waals surface area (Å²) in [4.78, 5) is 0. The highest BCUT2D eigenvalue weighted by Gasteiger charge is 2.11. The van der Waals surface area contributed by atoms with Crippen molar-refractivity contribution in [2.45, 2.75) is 59.0 Å². The van der Waals surface area contributed by atoms with Crippen molar-refractivity contribution in [3.05, 3.63) is 35.4 Å². The fourth-order valence-corrected chi connectivity index (χ4v) is 2.37. The van der Waals surface area contributed by atoms with E-state index in [1.54, 1.807) is 0 Å². The van der Waals surface area contributed by atoms with E-state index in [1.165, 1.54) is 11.1 Å². The minimum Gasteiger partial charge on any atom is -0.361 e. The van der Waals surface area contributed by atoms with Crippen LogP contribution in [-0.4, -0.2) is 11.2 Å². The third kappa shape index (κ3) is 5.19. The average molecular weight is 278 g/mol. The summed E-state index contributed by atoms with van der Waals surface area (Å²) >= 11 is 5.32. The Kier molecular flexibility index (Phi) is 6.29. The summed E-state index contributed by atoms with van der Waals surface area (Å²) in [6, 6.07) is 9.47. The van der Waals surface area contributed by atoms with Crippen molar-refractivity contribution < 1.29 is 0 Å². The summed E-state index contributed by atoms with van der Waals surface area (Å²) in [5, 5.41) is 7.34. The minimum atomic E-state index is 0.278. The Balaban J connectivity index is 2.71. The molecule has 0 aliphatic heterocycles. The first-order chi connectivity index (χ1) is 8.93. The Bertz CT molecular complexity index is 396. The van der Waals surface area contributed by atoms with E-state index in [2.05, 4.69) is 69.5 Å². The molecule has 0 saturated carbocycles. The van der Waals surface area contributed by atoms with Gasteiger partial charge in [-0.2, -0.15) is 0 Å². The topological polar surface area (TPSA) is 24.1 Å². The molecule has 0 spiro atoms. The Morgan fingerprint density at radius 3 is 1.95 bits per heavy atom. The molecule has 1 aromatic carbocycles. The Morgan fingerprint density at radius 1 is 1.00 bits per heavy atom. The quantitative estimate of drug-likeness (QED) is 0.792. The molecule has 0 saturated heterocycles. The normalized spacial score (nSPS) is 12.6. The van der Waals surface area contributed by atoms with E-state index in [-0.39, 0.29) is 6.04 Å². The largest absolute Gasteiger partial charge is 0.361 e. The number of hydrogen-bond donors (Lipinski definition) is 2. The molecule has 0 radical (unpaired) electrons. The van der Waals surface area contributed by atoms with Gasteiger partial charge in [-0.05, 0) is 49.5 Å². The summed E-state index contributed by atoms with van der Waals surface area (Å²) < 4.78 is 0. The van der Waals surface area contributed by atoms with Crippen molar-refractivity contribution >= 4 is 17.3 Å². The maximum Gasteiger partial charge on any atom is 0.166 e. The summed E-state index contributed by atoms with van der Waals surface area (Å²) in [5.41, 5.74) is 2.67. The first-order valence-electron chi connectivity index (χ1n) is 7.10. The van der Waals surface area contributed by atoms with E-state index in [0.717, 1.165) is 11.5 Å². The van der Waals surface area contributed by atoms with E-state index in [4.69, 9.17) is 12.2 Å². The second-order valence-electron chi connectivity index (χ2n) is 5.55. The molecule has 19 heavy (non-hydrogen) atoms. The van der Waals surface area contributed by atoms with Crippen LogP contribution in [0, 0.1) is 0 Å². The van der Waals surface area contributed by atoms with Crippen LogP contribution in [0.1, 0.15) is 64.1 Å². The van der Waals surface area contributed by atoms with E-state index in [1.807, 2.05) is 0 Å². The van der Waals surface area contributed by atoms with Gasteiger partial charge in [0.1, 0.15) is 0 Å². The zero-order valence-electron chi connectivity index (χ0n) is 12.7. The molecule has 0 bridgehead atoms. The summed E-state index contributed by atoms with van der Waals surface area (Å²) in [7, 11) is 0. The third-order valence-corrected chi connectivity index (χ3v) is 3.37. The van der Waals surface area contributed by atoms with Crippen LogP contribution in [0.3, 0.4) is 0 Å². The molecule has 0 heterocycles. The molecule has 0 fully saturated rings. The number of thiocarbonyl (C=S) groups is 1. The van der Waals surface area contributed by atoms with Gasteiger partial charge in [0.25, 0.3) is 0 Å². The van der Waals surface area contributed by atoms with Gasteiger partial charge in [0.05, 0.1) is 6.04 Å². The van der Waals surface area contributed by atoms with Gasteiger partial charge in [-0.1, -0.05) is 45.0 Å². The third-order valence-electron chi connectivity index (χ3n) is 3.14. The Labute approximate surface area is 123 Å². The van der Waals surface area contributed by atoms with Gasteiger partial charge in [0, 0.05) is 6.04 Å². The maximum atomic E-state index is 5.32. The SMILES string of the molecule is CCC(NC(=S)NC(C)C)c1ccc(C(C)C)cc1. The summed E-state index contributed by atoms with van der Waals surface area (Å²) in [6.07, 6.45) is 1.01. The summed E-state index contributed by atoms with van der Waals surface area (Å²) in [5.74, 6) is 0.575. The molecular weight excluding hydrogens is 252 g/mol. The lowest BCUT2D eigenvalue weighted by Gasteiger charge is -2.21. The van der Waals surface area contributed by atoms with Crippen LogP contribution in [0.25, 0.3) is 0 Å². The highest BCUT2D eigenvalue weighted by atomic mass is 32.1. The van der Waals surface area contributed by atoms with Crippen LogP contribution < -0.4 is 10.6 Å². The van der Waals surface area contributed by atoms with Crippen molar-refractivity contribution in [3.63, 3.8) is 0 Å². The fourth-order valence-electron chi connectivity index (χ4n) is 2.00. The standard InChI is InChI=1S/C16H26N2S/c1-6-15(18-16(19)17-12(4)5)14-9-7-13(8-10-14)11(2)3/h7-12,15H,6H2,1-5H3,(H2,17,18,19). The highest BCUT2D eigenvalue weighted by molar-refractivity contribution is 7.80. The van der Waals surface area contributed by atoms with Crippen LogP contribution in [0.5, 0.6) is 0 Å². The number of benzene rings is 1. The molecule has 0 amide bonds. The Hall–Kier alpha value is -1.09. The molecule has 2 N–H and O–H groups in total. The molecule has 1 unspecified atom stereocenters. The number of hydrogen-bond acceptors (Lipinski definition) is 1. The van der Waals surface area contributed by atoms with Crippen LogP contribution in [0.2, 0.25) is 0 Å². The minimum absolute atomic E-state index is 0.278. The average Bonchev–Trinajstić information content (AvgIpc) is 2.35. The van der Waals surface area contributed by atoms with Gasteiger partial charge in [-0.25, -0.2) is 0 Å². The van der Waals surface area contributed by atoms with Crippen LogP contribution in [0.15, 0.2) is 24.3 Å². The molecule has 0 aromatic heterocycles. The van der Waals surface area contributed by atoms with Gasteiger partial charge < -0.3 is 10.6 Å². The van der Waals surface area contributed by atoms with Gasteiger partial charge in [-0.3, -0.25) is 0 Å². The van der Waals surface area contributed by atoms with E-state index in [0.29, 0.717) is 12.0 Å². The monoisotopic (exact) mass is 278 g/mol. The van der Waals surface area contributed by atoms with E-state index in [9.17, 15) is 0 Å². The number of nitrogens with one attached hydrogen (secondary N) is 2. The van der Waals surface area contributed by atoms with Crippen LogP contribution >= 0.6 is 12.2 Å². The van der Waals surface area contributed by atoms with Gasteiger partial charge in [0.15, 0.2) is 5.11 Å². The Morgan fingerprint density at radius 2 is 1.53 bits per heavy atom. The zero-order chi connectivity index (χ0) is 14.4. The van der Waals surface area contributed by atoms with Gasteiger partial charge >= 0.3 is 0 Å². The van der Waals surface area contributed by atoms with E-state index < -0.39 is 0 Å². The predicted octanol–water partition coefficient (Wildman–Crippen LogP) is 4.13.